The highest BCUT2D eigenvalue weighted by Crippen LogP contribution is 2.26. The number of benzene rings is 1. The summed E-state index contributed by atoms with van der Waals surface area (Å²) in [7, 11) is 0. The molecule has 2 rings (SSSR count). The van der Waals surface area contributed by atoms with Crippen molar-refractivity contribution in [2.45, 2.75) is 6.61 Å². The third-order valence-corrected chi connectivity index (χ3v) is 2.35. The summed E-state index contributed by atoms with van der Waals surface area (Å²) < 4.78 is 40.2. The number of aliphatic hydroxyl groups is 1. The van der Waals surface area contributed by atoms with Crippen molar-refractivity contribution >= 4 is 0 Å². The van der Waals surface area contributed by atoms with Gasteiger partial charge < -0.3 is 5.11 Å². The monoisotopic (exact) mass is 239 g/mol. The Labute approximate surface area is 95.4 Å². The second-order valence-electron chi connectivity index (χ2n) is 3.39. The molecule has 1 N–H and O–H groups in total. The average Bonchev–Trinajstić information content (AvgIpc) is 2.33. The van der Waals surface area contributed by atoms with Crippen LogP contribution in [0.4, 0.5) is 13.2 Å². The van der Waals surface area contributed by atoms with E-state index in [9.17, 15) is 13.2 Å². The molecule has 0 bridgehead atoms. The summed E-state index contributed by atoms with van der Waals surface area (Å²) in [6.07, 6.45) is 1.23. The summed E-state index contributed by atoms with van der Waals surface area (Å²) in [6, 6.07) is 4.70. The average molecular weight is 239 g/mol. The molecule has 0 saturated heterocycles. The molecule has 2 aromatic rings. The predicted octanol–water partition coefficient (Wildman–Crippen LogP) is 2.66. The Morgan fingerprint density at radius 3 is 2.53 bits per heavy atom. The molecule has 0 aliphatic heterocycles. The van der Waals surface area contributed by atoms with Gasteiger partial charge in [-0.1, -0.05) is 6.07 Å². The number of aromatic nitrogens is 1. The number of halogens is 3. The van der Waals surface area contributed by atoms with Gasteiger partial charge in [0.05, 0.1) is 6.61 Å². The maximum atomic E-state index is 13.8. The molecule has 0 amide bonds. The SMILES string of the molecule is OCc1ccnc(-c2cccc(F)c2F)c1F. The van der Waals surface area contributed by atoms with Gasteiger partial charge in [-0.05, 0) is 18.2 Å². The van der Waals surface area contributed by atoms with Crippen LogP contribution in [-0.2, 0) is 6.61 Å². The van der Waals surface area contributed by atoms with E-state index in [4.69, 9.17) is 5.11 Å². The van der Waals surface area contributed by atoms with Crippen molar-refractivity contribution in [1.82, 2.24) is 4.98 Å². The number of nitrogens with zero attached hydrogens (tertiary/aromatic N) is 1. The zero-order chi connectivity index (χ0) is 12.4. The highest BCUT2D eigenvalue weighted by atomic mass is 19.2. The summed E-state index contributed by atoms with van der Waals surface area (Å²) in [6.45, 7) is -0.529. The van der Waals surface area contributed by atoms with Crippen LogP contribution in [0.15, 0.2) is 30.5 Å². The minimum absolute atomic E-state index is 0.0151. The normalized spacial score (nSPS) is 10.6. The van der Waals surface area contributed by atoms with Crippen molar-refractivity contribution < 1.29 is 18.3 Å². The summed E-state index contributed by atoms with van der Waals surface area (Å²) in [4.78, 5) is 3.67. The molecule has 0 fully saturated rings. The van der Waals surface area contributed by atoms with Crippen LogP contribution in [0.25, 0.3) is 11.3 Å². The van der Waals surface area contributed by atoms with Gasteiger partial charge in [0.2, 0.25) is 0 Å². The van der Waals surface area contributed by atoms with E-state index in [0.717, 1.165) is 6.07 Å². The Balaban J connectivity index is 2.65. The van der Waals surface area contributed by atoms with Crippen molar-refractivity contribution in [2.75, 3.05) is 0 Å². The van der Waals surface area contributed by atoms with Crippen molar-refractivity contribution in [3.05, 3.63) is 53.5 Å². The summed E-state index contributed by atoms with van der Waals surface area (Å²) >= 11 is 0. The summed E-state index contributed by atoms with van der Waals surface area (Å²) in [5.41, 5.74) is -0.593. The first-order valence-corrected chi connectivity index (χ1v) is 4.83. The van der Waals surface area contributed by atoms with E-state index in [0.29, 0.717) is 0 Å². The van der Waals surface area contributed by atoms with E-state index in [1.807, 2.05) is 0 Å². The minimum atomic E-state index is -1.16. The number of pyridine rings is 1. The van der Waals surface area contributed by atoms with Crippen LogP contribution in [0, 0.1) is 17.5 Å². The molecular weight excluding hydrogens is 231 g/mol. The van der Waals surface area contributed by atoms with Gasteiger partial charge in [0.15, 0.2) is 17.5 Å². The quantitative estimate of drug-likeness (QED) is 0.873. The fourth-order valence-electron chi connectivity index (χ4n) is 1.48. The Kier molecular flexibility index (Phi) is 3.10. The zero-order valence-electron chi connectivity index (χ0n) is 8.62. The van der Waals surface area contributed by atoms with Crippen LogP contribution in [0.1, 0.15) is 5.56 Å². The van der Waals surface area contributed by atoms with E-state index in [1.54, 1.807) is 0 Å². The molecule has 0 radical (unpaired) electrons. The minimum Gasteiger partial charge on any atom is -0.392 e. The van der Waals surface area contributed by atoms with Gasteiger partial charge in [-0.25, -0.2) is 13.2 Å². The zero-order valence-corrected chi connectivity index (χ0v) is 8.62. The van der Waals surface area contributed by atoms with Gasteiger partial charge in [0, 0.05) is 17.3 Å². The van der Waals surface area contributed by atoms with Crippen molar-refractivity contribution in [1.29, 1.82) is 0 Å². The molecule has 1 heterocycles. The molecular formula is C12H8F3NO. The largest absolute Gasteiger partial charge is 0.392 e. The number of hydrogen-bond acceptors (Lipinski definition) is 2. The molecule has 1 aromatic carbocycles. The number of aliphatic hydroxyl groups excluding tert-OH is 1. The Morgan fingerprint density at radius 2 is 1.82 bits per heavy atom. The van der Waals surface area contributed by atoms with Crippen molar-refractivity contribution in [3.8, 4) is 11.3 Å². The fraction of sp³-hybridized carbons (Fsp3) is 0.0833. The standard InChI is InChI=1S/C12H8F3NO/c13-9-3-1-2-8(11(9)15)12-10(14)7(6-17)4-5-16-12/h1-5,17H,6H2. The lowest BCUT2D eigenvalue weighted by molar-refractivity contribution is 0.275. The van der Waals surface area contributed by atoms with Crippen LogP contribution >= 0.6 is 0 Å². The highest BCUT2D eigenvalue weighted by molar-refractivity contribution is 5.61. The lowest BCUT2D eigenvalue weighted by Gasteiger charge is -2.07. The van der Waals surface area contributed by atoms with Gasteiger partial charge in [0.1, 0.15) is 5.69 Å². The fourth-order valence-corrected chi connectivity index (χ4v) is 1.48. The van der Waals surface area contributed by atoms with Crippen molar-refractivity contribution in [3.63, 3.8) is 0 Å². The number of rotatable bonds is 2. The summed E-state index contributed by atoms with van der Waals surface area (Å²) in [5.74, 6) is -3.08. The van der Waals surface area contributed by atoms with E-state index in [2.05, 4.69) is 4.98 Å². The molecule has 0 saturated carbocycles. The molecule has 5 heteroatoms. The lowest BCUT2D eigenvalue weighted by Crippen LogP contribution is -1.99. The first-order chi connectivity index (χ1) is 8.15. The predicted molar refractivity (Wildman–Crippen MR) is 55.5 cm³/mol. The van der Waals surface area contributed by atoms with Crippen LogP contribution in [0.5, 0.6) is 0 Å². The summed E-state index contributed by atoms with van der Waals surface area (Å²) in [5, 5.41) is 8.88. The topological polar surface area (TPSA) is 33.1 Å². The number of hydrogen-bond donors (Lipinski definition) is 1. The van der Waals surface area contributed by atoms with Crippen LogP contribution in [0.2, 0.25) is 0 Å². The highest BCUT2D eigenvalue weighted by Gasteiger charge is 2.16. The first kappa shape index (κ1) is 11.6. The molecule has 0 unspecified atom stereocenters. The van der Waals surface area contributed by atoms with Gasteiger partial charge in [0.25, 0.3) is 0 Å². The third-order valence-electron chi connectivity index (χ3n) is 2.35. The van der Waals surface area contributed by atoms with E-state index in [1.165, 1.54) is 24.4 Å². The molecule has 88 valence electrons. The van der Waals surface area contributed by atoms with E-state index < -0.39 is 24.1 Å². The van der Waals surface area contributed by atoms with Crippen molar-refractivity contribution in [2.24, 2.45) is 0 Å². The van der Waals surface area contributed by atoms with Crippen LogP contribution < -0.4 is 0 Å². The Bertz CT molecular complexity index is 557. The Hall–Kier alpha value is -1.88. The second-order valence-corrected chi connectivity index (χ2v) is 3.39. The van der Waals surface area contributed by atoms with Gasteiger partial charge in [-0.3, -0.25) is 4.98 Å². The molecule has 0 atom stereocenters. The first-order valence-electron chi connectivity index (χ1n) is 4.83. The van der Waals surface area contributed by atoms with Crippen LogP contribution in [-0.4, -0.2) is 10.1 Å². The van der Waals surface area contributed by atoms with Crippen LogP contribution in [0.3, 0.4) is 0 Å². The smallest absolute Gasteiger partial charge is 0.168 e. The van der Waals surface area contributed by atoms with E-state index in [-0.39, 0.29) is 16.8 Å². The Morgan fingerprint density at radius 1 is 1.06 bits per heavy atom. The molecule has 0 spiro atoms. The molecule has 0 aliphatic carbocycles. The van der Waals surface area contributed by atoms with Gasteiger partial charge in [-0.2, -0.15) is 0 Å². The lowest BCUT2D eigenvalue weighted by atomic mass is 10.1. The maximum Gasteiger partial charge on any atom is 0.168 e. The molecule has 0 aliphatic rings. The molecule has 2 nitrogen and oxygen atoms in total. The second kappa shape index (κ2) is 4.55. The van der Waals surface area contributed by atoms with Gasteiger partial charge in [-0.15, -0.1) is 0 Å². The van der Waals surface area contributed by atoms with E-state index >= 15 is 0 Å². The maximum absolute atomic E-state index is 13.8. The molecule has 17 heavy (non-hydrogen) atoms. The van der Waals surface area contributed by atoms with Gasteiger partial charge >= 0.3 is 0 Å². The molecule has 1 aromatic heterocycles. The third kappa shape index (κ3) is 2.01.